The molecule has 0 saturated heterocycles. The summed E-state index contributed by atoms with van der Waals surface area (Å²) >= 11 is 0. The average molecular weight is 1270 g/mol. The van der Waals surface area contributed by atoms with Crippen LogP contribution < -0.4 is 4.74 Å². The molecule has 11 N–H and O–H groups in total. The smallest absolute Gasteiger partial charge is 0.373 e. The molecule has 0 aromatic heterocycles. The summed E-state index contributed by atoms with van der Waals surface area (Å²) < 4.78 is 10.1. The van der Waals surface area contributed by atoms with Gasteiger partial charge in [-0.1, -0.05) is 105 Å². The molecule has 0 radical (unpaired) electrons. The Morgan fingerprint density at radius 1 is 0.467 bits per heavy atom. The molecule has 6 aromatic rings. The van der Waals surface area contributed by atoms with Gasteiger partial charge in [-0.05, 0) is 177 Å². The van der Waals surface area contributed by atoms with Crippen LogP contribution in [0.1, 0.15) is 106 Å². The molecule has 0 aliphatic heterocycles. The van der Waals surface area contributed by atoms with Gasteiger partial charge in [-0.15, -0.1) is 0 Å². The summed E-state index contributed by atoms with van der Waals surface area (Å²) in [5.74, 6) is -1.25. The third kappa shape index (κ3) is 34.7. The Bertz CT molecular complexity index is 3510. The van der Waals surface area contributed by atoms with Crippen molar-refractivity contribution in [3.05, 3.63) is 202 Å². The molecule has 0 heterocycles. The fourth-order valence-electron chi connectivity index (χ4n) is 7.31. The summed E-state index contributed by atoms with van der Waals surface area (Å²) in [5.41, 5.74) is 5.44. The predicted molar refractivity (Wildman–Crippen MR) is 348 cm³/mol. The molecule has 0 spiro atoms. The summed E-state index contributed by atoms with van der Waals surface area (Å²) in [4.78, 5) is 81.1. The van der Waals surface area contributed by atoms with E-state index in [0.717, 1.165) is 16.7 Å². The number of hydrogen-bond donors (Lipinski definition) is 11. The monoisotopic (exact) mass is 1270 g/mol. The number of phenols is 7. The van der Waals surface area contributed by atoms with Gasteiger partial charge in [0.05, 0.1) is 32.5 Å². The normalized spacial score (nSPS) is 14.5. The van der Waals surface area contributed by atoms with Crippen molar-refractivity contribution in [3.63, 3.8) is 0 Å². The fraction of sp³-hybridized carbons (Fsp3) is 0.225. The molecule has 1 saturated carbocycles. The second-order valence-electron chi connectivity index (χ2n) is 19.6. The Morgan fingerprint density at radius 3 is 1.25 bits per heavy atom. The number of methoxy groups -OCH3 is 1. The van der Waals surface area contributed by atoms with E-state index in [2.05, 4.69) is 0 Å². The number of rotatable bonds is 16. The highest BCUT2D eigenvalue weighted by Gasteiger charge is 2.35. The molecule has 21 heteroatoms. The third-order valence-electron chi connectivity index (χ3n) is 11.9. The summed E-state index contributed by atoms with van der Waals surface area (Å²) in [6, 6.07) is 32.9. The number of ether oxygens (including phenoxy) is 2. The number of aliphatic hydroxyl groups excluding tert-OH is 4. The van der Waals surface area contributed by atoms with E-state index in [1.54, 1.807) is 98.8 Å². The standard InChI is InChI=1S/C16H20O6.C12H14O4.C11H12O3.C10H10O3.C10H10O2.C10H10O.CO2.CH4/c1-9-6-11(17)8-14(16(9)21)22-15(20)5-3-10-2-4-12(18)13(19)7-10;1-8(14)3-4-9-5-10(7-13)12(15)11(6-9)16-2;1-8(13)2-3-9-4-5-11(14)10(6-9)7-12;1-7(11)2-3-8-4-5-9(12)10(13)6-8;1-8(11)2-3-9-4-6-10(12)7-5-9;1-9(11)7-8-10-5-3-2-4-6-10;2-1-3;/h2-5,7,9,11,14,16-19,21H,6,8H2,1H3;3-6,13,15H,7H2,1-2H3;2-6,12,14H,7H2,1H3;2-6,12-13H,1H3;2-7,12H,1H3;2-8H,1H3;;1H4/b5-3+;4-3+;3*3-2+;8-7+;;/t9-,11+,14-,16-;;;;;;;/m0......./s1. The second kappa shape index (κ2) is 44.6. The zero-order chi connectivity index (χ0) is 68.6. The number of hydrogen-bond acceptors (Lipinski definition) is 21. The summed E-state index contributed by atoms with van der Waals surface area (Å²) in [6.45, 7) is 8.68. The quantitative estimate of drug-likeness (QED) is 0.0244. The van der Waals surface area contributed by atoms with Crippen LogP contribution in [0.25, 0.3) is 36.5 Å². The number of ketones is 5. The first kappa shape index (κ1) is 81.2. The molecular formula is C71H80O21. The van der Waals surface area contributed by atoms with Crippen molar-refractivity contribution in [3.8, 4) is 46.0 Å². The van der Waals surface area contributed by atoms with E-state index in [4.69, 9.17) is 44.6 Å². The minimum Gasteiger partial charge on any atom is -0.508 e. The number of carbonyl (C=O) groups excluding carboxylic acids is 8. The van der Waals surface area contributed by atoms with Gasteiger partial charge in [0.2, 0.25) is 0 Å². The SMILES string of the molecule is C.CC(=O)/C=C/c1ccc(O)c(CO)c1.CC(=O)/C=C/c1ccc(O)c(O)c1.CC(=O)/C=C/c1ccc(O)cc1.CC(=O)/C=C/c1ccccc1.COc1cc(/C=C/C(C)=O)cc(CO)c1O.C[C@H]1C[C@@H](O)C[C@H](OC(=O)/C=C/c2ccc(O)c(O)c2)[C@H]1O.O=C=O. The maximum Gasteiger partial charge on any atom is 0.373 e. The Kier molecular flexibility index (Phi) is 39.4. The first-order valence-electron chi connectivity index (χ1n) is 27.5. The lowest BCUT2D eigenvalue weighted by atomic mass is 9.84. The van der Waals surface area contributed by atoms with Crippen LogP contribution in [0.4, 0.5) is 0 Å². The summed E-state index contributed by atoms with van der Waals surface area (Å²) in [6.07, 6.45) is 17.1. The van der Waals surface area contributed by atoms with Crippen LogP contribution >= 0.6 is 0 Å². The van der Waals surface area contributed by atoms with Gasteiger partial charge in [-0.25, -0.2) is 4.79 Å². The number of aromatic hydroxyl groups is 7. The molecule has 4 atom stereocenters. The lowest BCUT2D eigenvalue weighted by Gasteiger charge is -2.34. The molecule has 21 nitrogen and oxygen atoms in total. The number of allylic oxidation sites excluding steroid dienone is 5. The van der Waals surface area contributed by atoms with Crippen molar-refractivity contribution >= 4 is 77.5 Å². The topological polar surface area (TPSA) is 378 Å². The van der Waals surface area contributed by atoms with Gasteiger partial charge in [0.15, 0.2) is 63.4 Å². The largest absolute Gasteiger partial charge is 0.508 e. The third-order valence-corrected chi connectivity index (χ3v) is 11.9. The molecule has 6 aromatic carbocycles. The number of benzene rings is 6. The van der Waals surface area contributed by atoms with E-state index in [0.29, 0.717) is 34.2 Å². The van der Waals surface area contributed by atoms with Crippen LogP contribution in [-0.2, 0) is 56.3 Å². The lowest BCUT2D eigenvalue weighted by molar-refractivity contribution is -0.192. The van der Waals surface area contributed by atoms with Crippen molar-refractivity contribution in [2.45, 2.75) is 93.3 Å². The van der Waals surface area contributed by atoms with E-state index in [1.165, 1.54) is 108 Å². The molecule has 490 valence electrons. The van der Waals surface area contributed by atoms with E-state index in [9.17, 15) is 59.4 Å². The number of carbonyl (C=O) groups is 6. The molecular weight excluding hydrogens is 1190 g/mol. The molecule has 0 bridgehead atoms. The van der Waals surface area contributed by atoms with Crippen LogP contribution in [0.2, 0.25) is 0 Å². The minimum absolute atomic E-state index is 0. The highest BCUT2D eigenvalue weighted by Crippen LogP contribution is 2.32. The van der Waals surface area contributed by atoms with Gasteiger partial charge in [-0.3, -0.25) is 24.0 Å². The van der Waals surface area contributed by atoms with Crippen molar-refractivity contribution in [1.29, 1.82) is 0 Å². The first-order chi connectivity index (χ1) is 43.0. The van der Waals surface area contributed by atoms with Gasteiger partial charge >= 0.3 is 12.1 Å². The van der Waals surface area contributed by atoms with Crippen molar-refractivity contribution < 1.29 is 104 Å². The Balaban J connectivity index is 0.00000108. The highest BCUT2D eigenvalue weighted by molar-refractivity contribution is 5.93. The van der Waals surface area contributed by atoms with Gasteiger partial charge < -0.3 is 65.6 Å². The van der Waals surface area contributed by atoms with E-state index < -0.39 is 24.3 Å². The number of esters is 1. The van der Waals surface area contributed by atoms with Gasteiger partial charge in [0.25, 0.3) is 0 Å². The second-order valence-corrected chi connectivity index (χ2v) is 19.6. The molecule has 1 aliphatic rings. The minimum atomic E-state index is -0.793. The molecule has 0 amide bonds. The zero-order valence-electron chi connectivity index (χ0n) is 51.1. The maximum absolute atomic E-state index is 11.8. The van der Waals surface area contributed by atoms with Crippen molar-refractivity contribution in [2.24, 2.45) is 5.92 Å². The zero-order valence-corrected chi connectivity index (χ0v) is 51.1. The molecule has 7 rings (SSSR count). The molecule has 0 unspecified atom stereocenters. The highest BCUT2D eigenvalue weighted by atomic mass is 16.6. The van der Waals surface area contributed by atoms with E-state index in [-0.39, 0.29) is 114 Å². The van der Waals surface area contributed by atoms with Gasteiger partial charge in [0.1, 0.15) is 17.6 Å². The Morgan fingerprint density at radius 2 is 0.837 bits per heavy atom. The average Bonchev–Trinajstić information content (AvgIpc) is 1.19. The van der Waals surface area contributed by atoms with Crippen molar-refractivity contribution in [1.82, 2.24) is 0 Å². The molecule has 1 fully saturated rings. The van der Waals surface area contributed by atoms with Crippen LogP contribution in [0.3, 0.4) is 0 Å². The lowest BCUT2D eigenvalue weighted by Crippen LogP contribution is -2.44. The summed E-state index contributed by atoms with van der Waals surface area (Å²) in [5, 5.41) is 102. The number of aliphatic hydroxyl groups is 4. The van der Waals surface area contributed by atoms with Crippen LogP contribution in [0, 0.1) is 5.92 Å². The molecule has 1 aliphatic carbocycles. The maximum atomic E-state index is 11.8. The van der Waals surface area contributed by atoms with Crippen molar-refractivity contribution in [2.75, 3.05) is 7.11 Å². The van der Waals surface area contributed by atoms with Crippen LogP contribution in [-0.4, -0.2) is 123 Å². The van der Waals surface area contributed by atoms with E-state index >= 15 is 0 Å². The van der Waals surface area contributed by atoms with Crippen LogP contribution in [0.5, 0.6) is 46.0 Å². The molecule has 92 heavy (non-hydrogen) atoms. The van der Waals surface area contributed by atoms with E-state index in [1.807, 2.05) is 36.4 Å². The first-order valence-corrected chi connectivity index (χ1v) is 27.5. The fourth-order valence-corrected chi connectivity index (χ4v) is 7.31. The van der Waals surface area contributed by atoms with Gasteiger partial charge in [0, 0.05) is 23.6 Å². The Labute approximate surface area is 534 Å². The Hall–Kier alpha value is -10.8. The van der Waals surface area contributed by atoms with Crippen LogP contribution in [0.15, 0.2) is 158 Å². The van der Waals surface area contributed by atoms with Gasteiger partial charge in [-0.2, -0.15) is 9.59 Å². The summed E-state index contributed by atoms with van der Waals surface area (Å²) in [7, 11) is 1.43. The predicted octanol–water partition coefficient (Wildman–Crippen LogP) is 10.2. The number of phenolic OH excluding ortho intramolecular Hbond substituents is 5.